The molecule has 0 aromatic heterocycles. The summed E-state index contributed by atoms with van der Waals surface area (Å²) in [6.45, 7) is 7.56. The van der Waals surface area contributed by atoms with Gasteiger partial charge in [-0.05, 0) is 45.7 Å². The number of carbonyl (C=O) groups excluding carboxylic acids is 3. The number of benzene rings is 2. The Morgan fingerprint density at radius 1 is 1.00 bits per heavy atom. The maximum absolute atomic E-state index is 13.7. The minimum absolute atomic E-state index is 0.193. The molecule has 160 valence electrons. The van der Waals surface area contributed by atoms with E-state index in [1.54, 1.807) is 0 Å². The SMILES string of the molecule is Cc1ccc2c(c1)C1(NC(Cc3ccccc3)[C@H]3C(=O)N(C(C)(C)C)C(=O)[C@H]31)C(=O)N2. The Hall–Kier alpha value is -2.99. The second-order valence-electron chi connectivity index (χ2n) is 9.94. The van der Waals surface area contributed by atoms with Gasteiger partial charge in [-0.15, -0.1) is 0 Å². The van der Waals surface area contributed by atoms with Gasteiger partial charge in [0.2, 0.25) is 17.7 Å². The predicted molar refractivity (Wildman–Crippen MR) is 117 cm³/mol. The highest BCUT2D eigenvalue weighted by molar-refractivity contribution is 6.15. The number of nitrogens with zero attached hydrogens (tertiary/aromatic N) is 1. The Labute approximate surface area is 182 Å². The van der Waals surface area contributed by atoms with E-state index in [0.29, 0.717) is 12.1 Å². The predicted octanol–water partition coefficient (Wildman–Crippen LogP) is 2.76. The van der Waals surface area contributed by atoms with Crippen LogP contribution in [-0.2, 0) is 26.3 Å². The monoisotopic (exact) mass is 417 g/mol. The van der Waals surface area contributed by atoms with Crippen LogP contribution < -0.4 is 10.6 Å². The van der Waals surface area contributed by atoms with Gasteiger partial charge in [-0.2, -0.15) is 0 Å². The zero-order valence-electron chi connectivity index (χ0n) is 18.2. The highest BCUT2D eigenvalue weighted by atomic mass is 16.2. The van der Waals surface area contributed by atoms with Crippen LogP contribution in [0, 0.1) is 18.8 Å². The van der Waals surface area contributed by atoms with E-state index >= 15 is 0 Å². The number of hydrogen-bond acceptors (Lipinski definition) is 4. The summed E-state index contributed by atoms with van der Waals surface area (Å²) in [6.07, 6.45) is 0.565. The topological polar surface area (TPSA) is 78.5 Å². The van der Waals surface area contributed by atoms with Gasteiger partial charge in [0, 0.05) is 22.8 Å². The Kier molecular flexibility index (Phi) is 4.18. The Bertz CT molecular complexity index is 1100. The van der Waals surface area contributed by atoms with E-state index in [2.05, 4.69) is 10.6 Å². The molecule has 3 amide bonds. The lowest BCUT2D eigenvalue weighted by molar-refractivity contribution is -0.147. The second kappa shape index (κ2) is 6.50. The molecule has 2 fully saturated rings. The molecule has 3 aliphatic heterocycles. The van der Waals surface area contributed by atoms with Crippen molar-refractivity contribution < 1.29 is 14.4 Å². The van der Waals surface area contributed by atoms with Gasteiger partial charge in [-0.1, -0.05) is 48.0 Å². The molecule has 2 N–H and O–H groups in total. The van der Waals surface area contributed by atoms with Crippen molar-refractivity contribution in [3.63, 3.8) is 0 Å². The van der Waals surface area contributed by atoms with E-state index < -0.39 is 22.9 Å². The van der Waals surface area contributed by atoms with Crippen molar-refractivity contribution in [2.24, 2.45) is 11.8 Å². The lowest BCUT2D eigenvalue weighted by Crippen LogP contribution is -2.56. The van der Waals surface area contributed by atoms with Crippen LogP contribution in [0.25, 0.3) is 0 Å². The number of nitrogens with one attached hydrogen (secondary N) is 2. The van der Waals surface area contributed by atoms with Gasteiger partial charge in [0.05, 0.1) is 11.8 Å². The summed E-state index contributed by atoms with van der Waals surface area (Å²) in [5, 5.41) is 6.46. The molecule has 5 rings (SSSR count). The van der Waals surface area contributed by atoms with Gasteiger partial charge >= 0.3 is 0 Å². The summed E-state index contributed by atoms with van der Waals surface area (Å²) >= 11 is 0. The summed E-state index contributed by atoms with van der Waals surface area (Å²) in [5.74, 6) is -2.08. The summed E-state index contributed by atoms with van der Waals surface area (Å²) in [6, 6.07) is 15.3. The highest BCUT2D eigenvalue weighted by Gasteiger charge is 2.71. The summed E-state index contributed by atoms with van der Waals surface area (Å²) < 4.78 is 0. The highest BCUT2D eigenvalue weighted by Crippen LogP contribution is 2.54. The minimum Gasteiger partial charge on any atom is -0.324 e. The fourth-order valence-electron chi connectivity index (χ4n) is 5.62. The first-order chi connectivity index (χ1) is 14.6. The Balaban J connectivity index is 1.68. The van der Waals surface area contributed by atoms with Crippen LogP contribution in [0.2, 0.25) is 0 Å². The molecule has 0 radical (unpaired) electrons. The quantitative estimate of drug-likeness (QED) is 0.737. The lowest BCUT2D eigenvalue weighted by Gasteiger charge is -2.34. The summed E-state index contributed by atoms with van der Waals surface area (Å²) in [7, 11) is 0. The van der Waals surface area contributed by atoms with Crippen LogP contribution >= 0.6 is 0 Å². The normalized spacial score (nSPS) is 29.5. The molecule has 2 saturated heterocycles. The average molecular weight is 418 g/mol. The summed E-state index contributed by atoms with van der Waals surface area (Å²) in [4.78, 5) is 42.2. The van der Waals surface area contributed by atoms with Crippen molar-refractivity contribution in [3.05, 3.63) is 65.2 Å². The zero-order valence-corrected chi connectivity index (χ0v) is 18.2. The first-order valence-electron chi connectivity index (χ1n) is 10.8. The molecule has 0 aliphatic carbocycles. The molecule has 2 aromatic rings. The third-order valence-electron chi connectivity index (χ3n) is 6.84. The molecule has 3 aliphatic rings. The van der Waals surface area contributed by atoms with Crippen molar-refractivity contribution in [1.82, 2.24) is 10.2 Å². The first-order valence-corrected chi connectivity index (χ1v) is 10.8. The number of aryl methyl sites for hydroxylation is 1. The number of carbonyl (C=O) groups is 3. The molecular formula is C25H27N3O3. The molecule has 0 bridgehead atoms. The Morgan fingerprint density at radius 3 is 2.39 bits per heavy atom. The third-order valence-corrected chi connectivity index (χ3v) is 6.84. The van der Waals surface area contributed by atoms with E-state index in [1.165, 1.54) is 4.90 Å². The van der Waals surface area contributed by atoms with Crippen LogP contribution in [0.4, 0.5) is 5.69 Å². The molecule has 0 saturated carbocycles. The molecule has 2 aromatic carbocycles. The van der Waals surface area contributed by atoms with Gasteiger partial charge in [0.25, 0.3) is 0 Å². The van der Waals surface area contributed by atoms with Gasteiger partial charge < -0.3 is 5.32 Å². The minimum atomic E-state index is -1.24. The maximum atomic E-state index is 13.7. The number of amides is 3. The van der Waals surface area contributed by atoms with Crippen molar-refractivity contribution in [2.75, 3.05) is 5.32 Å². The molecule has 3 heterocycles. The van der Waals surface area contributed by atoms with Crippen LogP contribution in [0.15, 0.2) is 48.5 Å². The molecule has 31 heavy (non-hydrogen) atoms. The molecule has 2 unspecified atom stereocenters. The standard InChI is InChI=1S/C25H27N3O3/c1-14-10-11-17-16(12-14)25(23(31)26-17)20-19(21(29)28(22(20)30)24(2,3)4)18(27-25)13-15-8-6-5-7-9-15/h5-12,18-20,27H,13H2,1-4H3,(H,26,31)/t18?,19-,20+,25?/m1/s1. The van der Waals surface area contributed by atoms with E-state index in [9.17, 15) is 14.4 Å². The van der Waals surface area contributed by atoms with E-state index in [1.807, 2.05) is 76.2 Å². The smallest absolute Gasteiger partial charge is 0.250 e. The number of imide groups is 1. The van der Waals surface area contributed by atoms with Gasteiger partial charge in [0.15, 0.2) is 0 Å². The van der Waals surface area contributed by atoms with Crippen LogP contribution in [-0.4, -0.2) is 34.2 Å². The van der Waals surface area contributed by atoms with E-state index in [4.69, 9.17) is 0 Å². The molecule has 1 spiro atoms. The van der Waals surface area contributed by atoms with Crippen LogP contribution in [0.3, 0.4) is 0 Å². The maximum Gasteiger partial charge on any atom is 0.250 e. The van der Waals surface area contributed by atoms with Crippen molar-refractivity contribution >= 4 is 23.4 Å². The Morgan fingerprint density at radius 2 is 1.71 bits per heavy atom. The van der Waals surface area contributed by atoms with Gasteiger partial charge in [-0.25, -0.2) is 0 Å². The fraction of sp³-hybridized carbons (Fsp3) is 0.400. The largest absolute Gasteiger partial charge is 0.324 e. The summed E-state index contributed by atoms with van der Waals surface area (Å²) in [5.41, 5.74) is 1.65. The molecule has 4 atom stereocenters. The van der Waals surface area contributed by atoms with Crippen molar-refractivity contribution in [3.8, 4) is 0 Å². The molecule has 6 nitrogen and oxygen atoms in total. The van der Waals surface area contributed by atoms with Crippen LogP contribution in [0.1, 0.15) is 37.5 Å². The number of hydrogen-bond donors (Lipinski definition) is 2. The van der Waals surface area contributed by atoms with Crippen LogP contribution in [0.5, 0.6) is 0 Å². The van der Waals surface area contributed by atoms with Crippen molar-refractivity contribution in [2.45, 2.75) is 51.2 Å². The van der Waals surface area contributed by atoms with Gasteiger partial charge in [-0.3, -0.25) is 24.6 Å². The number of fused-ring (bicyclic) bond motifs is 4. The third kappa shape index (κ3) is 2.71. The van der Waals surface area contributed by atoms with Gasteiger partial charge in [0.1, 0.15) is 5.54 Å². The number of rotatable bonds is 2. The number of likely N-dealkylation sites (tertiary alicyclic amines) is 1. The van der Waals surface area contributed by atoms with Crippen molar-refractivity contribution in [1.29, 1.82) is 0 Å². The second-order valence-corrected chi connectivity index (χ2v) is 9.94. The zero-order chi connectivity index (χ0) is 22.1. The van der Waals surface area contributed by atoms with E-state index in [-0.39, 0.29) is 23.8 Å². The van der Waals surface area contributed by atoms with E-state index in [0.717, 1.165) is 16.7 Å². The lowest BCUT2D eigenvalue weighted by atomic mass is 9.76. The number of anilines is 1. The molecule has 6 heteroatoms. The first kappa shape index (κ1) is 19.9. The fourth-order valence-corrected chi connectivity index (χ4v) is 5.62. The average Bonchev–Trinajstić information content (AvgIpc) is 3.27. The molecular weight excluding hydrogens is 390 g/mol.